The van der Waals surface area contributed by atoms with Crippen molar-refractivity contribution in [2.24, 2.45) is 5.73 Å². The van der Waals surface area contributed by atoms with Gasteiger partial charge in [-0.25, -0.2) is 4.98 Å². The Morgan fingerprint density at radius 2 is 2.25 bits per heavy atom. The highest BCUT2D eigenvalue weighted by Crippen LogP contribution is 2.22. The van der Waals surface area contributed by atoms with Crippen LogP contribution in [-0.4, -0.2) is 29.4 Å². The van der Waals surface area contributed by atoms with E-state index in [1.54, 1.807) is 7.11 Å². The van der Waals surface area contributed by atoms with E-state index in [0.717, 1.165) is 23.5 Å². The summed E-state index contributed by atoms with van der Waals surface area (Å²) in [4.78, 5) is 18.9. The third kappa shape index (κ3) is 3.85. The molecule has 0 fully saturated rings. The first-order valence-corrected chi connectivity index (χ1v) is 7.30. The van der Waals surface area contributed by atoms with Gasteiger partial charge in [0.05, 0.1) is 12.8 Å². The van der Waals surface area contributed by atoms with Crippen LogP contribution in [-0.2, 0) is 0 Å². The Kier molecular flexibility index (Phi) is 5.20. The van der Waals surface area contributed by atoms with E-state index in [0.29, 0.717) is 17.4 Å². The predicted molar refractivity (Wildman–Crippen MR) is 81.2 cm³/mol. The maximum Gasteiger partial charge on any atom is 0.252 e. The third-order valence-corrected chi connectivity index (χ3v) is 3.63. The van der Waals surface area contributed by atoms with E-state index in [1.165, 1.54) is 17.8 Å². The van der Waals surface area contributed by atoms with Crippen LogP contribution in [0.25, 0.3) is 11.3 Å². The normalized spacial score (nSPS) is 10.5. The average molecular weight is 291 g/mol. The summed E-state index contributed by atoms with van der Waals surface area (Å²) in [6.45, 7) is 0.632. The smallest absolute Gasteiger partial charge is 0.252 e. The highest BCUT2D eigenvalue weighted by molar-refractivity contribution is 7.99. The number of methoxy groups -OCH3 is 1. The highest BCUT2D eigenvalue weighted by atomic mass is 32.2. The number of thioether (sulfide) groups is 1. The molecule has 5 nitrogen and oxygen atoms in total. The lowest BCUT2D eigenvalue weighted by Gasteiger charge is -2.06. The molecule has 2 rings (SSSR count). The molecule has 0 saturated carbocycles. The molecule has 0 bridgehead atoms. The van der Waals surface area contributed by atoms with E-state index in [4.69, 9.17) is 10.5 Å². The predicted octanol–water partition coefficient (Wildman–Crippen LogP) is 1.89. The summed E-state index contributed by atoms with van der Waals surface area (Å²) in [6, 6.07) is 8.97. The molecule has 3 N–H and O–H groups in total. The zero-order chi connectivity index (χ0) is 14.4. The molecule has 0 aliphatic carbocycles. The van der Waals surface area contributed by atoms with E-state index in [9.17, 15) is 4.79 Å². The Balaban J connectivity index is 2.28. The van der Waals surface area contributed by atoms with Gasteiger partial charge < -0.3 is 15.5 Å². The molecule has 1 aromatic heterocycles. The van der Waals surface area contributed by atoms with Gasteiger partial charge in [0.15, 0.2) is 5.16 Å². The highest BCUT2D eigenvalue weighted by Gasteiger charge is 2.05. The van der Waals surface area contributed by atoms with Crippen molar-refractivity contribution in [3.63, 3.8) is 0 Å². The van der Waals surface area contributed by atoms with Crippen LogP contribution in [0.1, 0.15) is 6.42 Å². The zero-order valence-electron chi connectivity index (χ0n) is 11.3. The topological polar surface area (TPSA) is 81.0 Å². The minimum Gasteiger partial charge on any atom is -0.497 e. The molecule has 0 saturated heterocycles. The van der Waals surface area contributed by atoms with Crippen molar-refractivity contribution in [1.29, 1.82) is 0 Å². The molecule has 0 radical (unpaired) electrons. The lowest BCUT2D eigenvalue weighted by atomic mass is 10.1. The first kappa shape index (κ1) is 14.6. The van der Waals surface area contributed by atoms with Crippen molar-refractivity contribution in [2.45, 2.75) is 11.6 Å². The molecular formula is C14H17N3O2S. The van der Waals surface area contributed by atoms with Crippen molar-refractivity contribution < 1.29 is 4.74 Å². The van der Waals surface area contributed by atoms with Crippen LogP contribution in [0, 0.1) is 0 Å². The fourth-order valence-corrected chi connectivity index (χ4v) is 2.53. The van der Waals surface area contributed by atoms with Crippen molar-refractivity contribution in [3.05, 3.63) is 40.7 Å². The lowest BCUT2D eigenvalue weighted by Crippen LogP contribution is -2.08. The van der Waals surface area contributed by atoms with Crippen LogP contribution in [0.4, 0.5) is 0 Å². The first-order chi connectivity index (χ1) is 9.72. The summed E-state index contributed by atoms with van der Waals surface area (Å²) in [6.07, 6.45) is 0.887. The number of nitrogens with one attached hydrogen (secondary N) is 1. The molecule has 1 aromatic carbocycles. The molecule has 0 aliphatic rings. The van der Waals surface area contributed by atoms with Crippen LogP contribution in [0.5, 0.6) is 5.75 Å². The molecule has 0 aliphatic heterocycles. The molecule has 20 heavy (non-hydrogen) atoms. The summed E-state index contributed by atoms with van der Waals surface area (Å²) < 4.78 is 5.18. The van der Waals surface area contributed by atoms with Crippen molar-refractivity contribution >= 4 is 11.8 Å². The van der Waals surface area contributed by atoms with E-state index < -0.39 is 0 Å². The quantitative estimate of drug-likeness (QED) is 0.482. The largest absolute Gasteiger partial charge is 0.497 e. The van der Waals surface area contributed by atoms with Gasteiger partial charge >= 0.3 is 0 Å². The molecular weight excluding hydrogens is 274 g/mol. The summed E-state index contributed by atoms with van der Waals surface area (Å²) in [7, 11) is 1.61. The Morgan fingerprint density at radius 3 is 3.00 bits per heavy atom. The van der Waals surface area contributed by atoms with E-state index in [-0.39, 0.29) is 5.56 Å². The molecule has 0 atom stereocenters. The Morgan fingerprint density at radius 1 is 1.40 bits per heavy atom. The van der Waals surface area contributed by atoms with Gasteiger partial charge in [-0.15, -0.1) is 0 Å². The number of rotatable bonds is 6. The Hall–Kier alpha value is -1.79. The SMILES string of the molecule is COc1cccc(-c2cc(=O)[nH]c(SCCCN)n2)c1. The van der Waals surface area contributed by atoms with Crippen LogP contribution >= 0.6 is 11.8 Å². The van der Waals surface area contributed by atoms with Crippen molar-refractivity contribution in [1.82, 2.24) is 9.97 Å². The molecule has 1 heterocycles. The van der Waals surface area contributed by atoms with Crippen LogP contribution in [0.2, 0.25) is 0 Å². The fourth-order valence-electron chi connectivity index (χ4n) is 1.69. The van der Waals surface area contributed by atoms with E-state index >= 15 is 0 Å². The molecule has 2 aromatic rings. The van der Waals surface area contributed by atoms with Crippen molar-refractivity contribution in [2.75, 3.05) is 19.4 Å². The molecule has 0 spiro atoms. The van der Waals surface area contributed by atoms with Gasteiger partial charge in [-0.05, 0) is 25.1 Å². The van der Waals surface area contributed by atoms with Crippen molar-refractivity contribution in [3.8, 4) is 17.0 Å². The molecule has 0 amide bonds. The lowest BCUT2D eigenvalue weighted by molar-refractivity contribution is 0.415. The van der Waals surface area contributed by atoms with Gasteiger partial charge in [-0.2, -0.15) is 0 Å². The van der Waals surface area contributed by atoms with Gasteiger partial charge in [0.25, 0.3) is 5.56 Å². The van der Waals surface area contributed by atoms with E-state index in [2.05, 4.69) is 9.97 Å². The number of hydrogen-bond acceptors (Lipinski definition) is 5. The summed E-state index contributed by atoms with van der Waals surface area (Å²) >= 11 is 1.50. The first-order valence-electron chi connectivity index (χ1n) is 6.31. The second kappa shape index (κ2) is 7.12. The third-order valence-electron chi connectivity index (χ3n) is 2.67. The second-order valence-corrected chi connectivity index (χ2v) is 5.24. The summed E-state index contributed by atoms with van der Waals surface area (Å²) in [5.74, 6) is 1.57. The summed E-state index contributed by atoms with van der Waals surface area (Å²) in [5, 5.41) is 0.615. The van der Waals surface area contributed by atoms with E-state index in [1.807, 2.05) is 24.3 Å². The van der Waals surface area contributed by atoms with Gasteiger partial charge in [0.2, 0.25) is 0 Å². The number of aromatic nitrogens is 2. The monoisotopic (exact) mass is 291 g/mol. The number of H-pyrrole nitrogens is 1. The molecule has 6 heteroatoms. The van der Waals surface area contributed by atoms with Gasteiger partial charge in [0.1, 0.15) is 5.75 Å². The van der Waals surface area contributed by atoms with Crippen LogP contribution < -0.4 is 16.0 Å². The number of nitrogens with two attached hydrogens (primary N) is 1. The Labute approximate surface area is 121 Å². The van der Waals surface area contributed by atoms with Gasteiger partial charge in [-0.3, -0.25) is 4.79 Å². The second-order valence-electron chi connectivity index (χ2n) is 4.16. The number of nitrogens with zero attached hydrogens (tertiary/aromatic N) is 1. The van der Waals surface area contributed by atoms with Gasteiger partial charge in [-0.1, -0.05) is 23.9 Å². The molecule has 106 valence electrons. The van der Waals surface area contributed by atoms with Crippen LogP contribution in [0.15, 0.2) is 40.3 Å². The standard InChI is InChI=1S/C14H17N3O2S/c1-19-11-5-2-4-10(8-11)12-9-13(18)17-14(16-12)20-7-3-6-15/h2,4-5,8-9H,3,6-7,15H2,1H3,(H,16,17,18). The Bertz CT molecular complexity index is 628. The average Bonchev–Trinajstić information content (AvgIpc) is 2.47. The maximum atomic E-state index is 11.7. The minimum absolute atomic E-state index is 0.159. The number of hydrogen-bond donors (Lipinski definition) is 2. The maximum absolute atomic E-state index is 11.7. The number of benzene rings is 1. The number of aromatic amines is 1. The van der Waals surface area contributed by atoms with Crippen LogP contribution in [0.3, 0.4) is 0 Å². The zero-order valence-corrected chi connectivity index (χ0v) is 12.1. The number of ether oxygens (including phenoxy) is 1. The summed E-state index contributed by atoms with van der Waals surface area (Å²) in [5.41, 5.74) is 6.80. The fraction of sp³-hybridized carbons (Fsp3) is 0.286. The molecule has 0 unspecified atom stereocenters. The van der Waals surface area contributed by atoms with Gasteiger partial charge in [0, 0.05) is 17.4 Å². The minimum atomic E-state index is -0.159.